The molecular weight excluding hydrogens is 812 g/mol. The van der Waals surface area contributed by atoms with E-state index in [0.717, 1.165) is 44.9 Å². The Bertz CT molecular complexity index is 1640. The van der Waals surface area contributed by atoms with E-state index in [1.54, 1.807) is 0 Å². The summed E-state index contributed by atoms with van der Waals surface area (Å²) >= 11 is 0. The first-order valence-corrected chi connectivity index (χ1v) is 23.3. The number of allylic oxidation sites excluding steroid dienone is 1. The molecule has 17 nitrogen and oxygen atoms in total. The van der Waals surface area contributed by atoms with Crippen LogP contribution in [0.2, 0.25) is 0 Å². The van der Waals surface area contributed by atoms with Crippen molar-refractivity contribution in [2.45, 2.75) is 215 Å². The molecule has 3 saturated carbocycles. The van der Waals surface area contributed by atoms with E-state index in [1.807, 2.05) is 0 Å². The fraction of sp³-hybridized carbons (Fsp3) is 0.956. The number of aliphatic hydroxyl groups is 9. The van der Waals surface area contributed by atoms with E-state index < -0.39 is 110 Å². The summed E-state index contributed by atoms with van der Waals surface area (Å²) in [6, 6.07) is 0. The Morgan fingerprint density at radius 3 is 2.06 bits per heavy atom. The summed E-state index contributed by atoms with van der Waals surface area (Å²) in [5.41, 5.74) is -0.0366. The van der Waals surface area contributed by atoms with Gasteiger partial charge in [-0.1, -0.05) is 39.3 Å². The van der Waals surface area contributed by atoms with Gasteiger partial charge in [0, 0.05) is 17.8 Å². The summed E-state index contributed by atoms with van der Waals surface area (Å²) in [7, 11) is 0. The summed E-state index contributed by atoms with van der Waals surface area (Å²) in [4.78, 5) is 0. The molecule has 62 heavy (non-hydrogen) atoms. The smallest absolute Gasteiger partial charge is 0.187 e. The first kappa shape index (κ1) is 46.2. The highest BCUT2D eigenvalue weighted by molar-refractivity contribution is 5.29. The maximum Gasteiger partial charge on any atom is 0.187 e. The van der Waals surface area contributed by atoms with Gasteiger partial charge in [-0.25, -0.2) is 0 Å². The molecule has 9 rings (SSSR count). The highest BCUT2D eigenvalue weighted by Gasteiger charge is 2.76. The van der Waals surface area contributed by atoms with Crippen molar-refractivity contribution >= 4 is 0 Å². The fourth-order valence-electron chi connectivity index (χ4n) is 13.9. The van der Waals surface area contributed by atoms with Gasteiger partial charge in [0.1, 0.15) is 66.6 Å². The van der Waals surface area contributed by atoms with Crippen LogP contribution in [0, 0.1) is 40.4 Å². The minimum absolute atomic E-state index is 0.0841. The van der Waals surface area contributed by atoms with Crippen LogP contribution >= 0.6 is 0 Å². The second-order valence-corrected chi connectivity index (χ2v) is 21.2. The van der Waals surface area contributed by atoms with Crippen molar-refractivity contribution in [1.29, 1.82) is 0 Å². The van der Waals surface area contributed by atoms with Crippen molar-refractivity contribution in [2.24, 2.45) is 40.4 Å². The molecule has 17 heteroatoms. The van der Waals surface area contributed by atoms with Crippen LogP contribution in [0.25, 0.3) is 0 Å². The van der Waals surface area contributed by atoms with E-state index in [4.69, 9.17) is 37.9 Å². The van der Waals surface area contributed by atoms with Gasteiger partial charge in [0.25, 0.3) is 0 Å². The molecule has 0 aromatic rings. The summed E-state index contributed by atoms with van der Waals surface area (Å²) in [5.74, 6) is 0.762. The number of fused-ring (bicyclic) bond motifs is 7. The number of rotatable bonds is 7. The van der Waals surface area contributed by atoms with Gasteiger partial charge in [-0.3, -0.25) is 0 Å². The number of hydrogen-bond acceptors (Lipinski definition) is 17. The van der Waals surface area contributed by atoms with Gasteiger partial charge in [-0.2, -0.15) is 0 Å². The molecule has 5 saturated heterocycles. The van der Waals surface area contributed by atoms with Crippen LogP contribution in [0.15, 0.2) is 11.6 Å². The van der Waals surface area contributed by atoms with Gasteiger partial charge < -0.3 is 83.9 Å². The first-order valence-electron chi connectivity index (χ1n) is 23.3. The lowest BCUT2D eigenvalue weighted by Gasteiger charge is -2.60. The van der Waals surface area contributed by atoms with Crippen molar-refractivity contribution in [1.82, 2.24) is 0 Å². The van der Waals surface area contributed by atoms with E-state index in [2.05, 4.69) is 33.8 Å². The maximum absolute atomic E-state index is 12.8. The molecule has 5 heterocycles. The van der Waals surface area contributed by atoms with Crippen molar-refractivity contribution in [2.75, 3.05) is 13.2 Å². The molecule has 0 aromatic carbocycles. The molecule has 26 atom stereocenters. The van der Waals surface area contributed by atoms with Crippen LogP contribution in [-0.4, -0.2) is 175 Å². The Morgan fingerprint density at radius 1 is 0.694 bits per heavy atom. The molecule has 1 spiro atoms. The normalized spacial score (nSPS) is 58.9. The van der Waals surface area contributed by atoms with E-state index in [0.29, 0.717) is 43.1 Å². The van der Waals surface area contributed by atoms with Gasteiger partial charge in [0.15, 0.2) is 24.7 Å². The molecule has 8 fully saturated rings. The average molecular weight is 885 g/mol. The Morgan fingerprint density at radius 2 is 1.37 bits per heavy atom. The SMILES string of the molecule is C[C@@H]1CC[C@@]2(OC1)OC1CC3C4CC=C5C[C@@H](O[C@@H]6O[C@H](CO)[C@@H](O)[C@H](O[C@@H]7O[C@@H](C)[C@H](O)[C@@H](O)[C@H]7O[C@@H]7O[C@@H](C)[C@H](O)[C@@H](O)[C@H]7O)[C@H]6O)CC[C@]5(C)C4CC[C@]3(C)[C@@]1(O)[C@@H]2C. The minimum atomic E-state index is -1.75. The lowest BCUT2D eigenvalue weighted by atomic mass is 9.46. The Kier molecular flexibility index (Phi) is 12.4. The number of aliphatic hydroxyl groups excluding tert-OH is 8. The number of ether oxygens (including phenoxy) is 8. The Hall–Kier alpha value is -0.940. The monoisotopic (exact) mass is 884 g/mol. The predicted molar refractivity (Wildman–Crippen MR) is 214 cm³/mol. The first-order chi connectivity index (χ1) is 29.3. The molecule has 4 unspecified atom stereocenters. The number of hydrogen-bond donors (Lipinski definition) is 9. The summed E-state index contributed by atoms with van der Waals surface area (Å²) in [6.07, 6.45) is -12.6. The molecule has 0 radical (unpaired) electrons. The second kappa shape index (κ2) is 16.7. The summed E-state index contributed by atoms with van der Waals surface area (Å²) in [6.45, 7) is 12.0. The zero-order valence-corrected chi connectivity index (χ0v) is 36.8. The summed E-state index contributed by atoms with van der Waals surface area (Å²) in [5, 5.41) is 99.2. The van der Waals surface area contributed by atoms with Crippen molar-refractivity contribution < 1.29 is 83.9 Å². The molecule has 9 N–H and O–H groups in total. The lowest BCUT2D eigenvalue weighted by molar-refractivity contribution is -0.387. The summed E-state index contributed by atoms with van der Waals surface area (Å²) < 4.78 is 49.2. The standard InChI is InChI=1S/C45H72O17/c1-19-9-14-44(55-18-19)22(4)45(54)29(62-44)16-27-25-8-7-23-15-24(10-12-42(23,5)26(25)11-13-43(27,45)6)58-40-36(53)37(32(49)28(17-46)59-40)60-41-38(34(51)31(48)21(3)57-41)61-39-35(52)33(50)30(47)20(2)56-39/h7,19-22,24-41,46-54H,8-18H2,1-6H3/t19-,20+,21+,22-,24+,25?,26?,27?,28-,29?,30+,31+,32-,33-,34-,35-,36-,37+,38-,39+,40-,41+,42+,43+,44-,45-/m1/s1. The maximum atomic E-state index is 12.8. The van der Waals surface area contributed by atoms with Crippen LogP contribution < -0.4 is 0 Å². The second-order valence-electron chi connectivity index (χ2n) is 21.2. The Balaban J connectivity index is 0.880. The molecular formula is C45H72O17. The van der Waals surface area contributed by atoms with Gasteiger partial charge in [-0.15, -0.1) is 0 Å². The van der Waals surface area contributed by atoms with E-state index in [9.17, 15) is 46.0 Å². The van der Waals surface area contributed by atoms with Gasteiger partial charge in [0.05, 0.1) is 37.6 Å². The van der Waals surface area contributed by atoms with Crippen LogP contribution in [0.3, 0.4) is 0 Å². The minimum Gasteiger partial charge on any atom is -0.394 e. The van der Waals surface area contributed by atoms with E-state index in [1.165, 1.54) is 19.4 Å². The van der Waals surface area contributed by atoms with Gasteiger partial charge >= 0.3 is 0 Å². The van der Waals surface area contributed by atoms with E-state index in [-0.39, 0.29) is 29.0 Å². The van der Waals surface area contributed by atoms with Crippen LogP contribution in [0.4, 0.5) is 0 Å². The zero-order valence-electron chi connectivity index (χ0n) is 36.8. The van der Waals surface area contributed by atoms with Gasteiger partial charge in [0.2, 0.25) is 0 Å². The third-order valence-corrected chi connectivity index (χ3v) is 17.9. The quantitative estimate of drug-likeness (QED) is 0.157. The third-order valence-electron chi connectivity index (χ3n) is 17.9. The molecule has 5 aliphatic heterocycles. The highest BCUT2D eigenvalue weighted by atomic mass is 16.8. The topological polar surface area (TPSA) is 256 Å². The van der Waals surface area contributed by atoms with Gasteiger partial charge in [-0.05, 0) is 94.3 Å². The van der Waals surface area contributed by atoms with Crippen LogP contribution in [-0.2, 0) is 37.9 Å². The van der Waals surface area contributed by atoms with Crippen LogP contribution in [0.5, 0.6) is 0 Å². The lowest BCUT2D eigenvalue weighted by Crippen LogP contribution is -2.66. The van der Waals surface area contributed by atoms with Crippen molar-refractivity contribution in [3.8, 4) is 0 Å². The zero-order chi connectivity index (χ0) is 44.4. The van der Waals surface area contributed by atoms with Crippen LogP contribution in [0.1, 0.15) is 99.3 Å². The molecule has 9 aliphatic rings. The fourth-order valence-corrected chi connectivity index (χ4v) is 13.9. The third kappa shape index (κ3) is 7.05. The average Bonchev–Trinajstić information content (AvgIpc) is 3.60. The largest absolute Gasteiger partial charge is 0.394 e. The van der Waals surface area contributed by atoms with Crippen molar-refractivity contribution in [3.05, 3.63) is 11.6 Å². The molecule has 0 aromatic heterocycles. The predicted octanol–water partition coefficient (Wildman–Crippen LogP) is 0.357. The van der Waals surface area contributed by atoms with Crippen molar-refractivity contribution in [3.63, 3.8) is 0 Å². The molecule has 0 bridgehead atoms. The molecule has 354 valence electrons. The highest BCUT2D eigenvalue weighted by Crippen LogP contribution is 2.72. The van der Waals surface area contributed by atoms with E-state index >= 15 is 0 Å². The Labute approximate surface area is 363 Å². The molecule has 0 amide bonds. The molecule has 4 aliphatic carbocycles.